The van der Waals surface area contributed by atoms with Crippen molar-refractivity contribution in [2.45, 2.75) is 20.3 Å². The summed E-state index contributed by atoms with van der Waals surface area (Å²) in [6, 6.07) is 10.1. The molecule has 0 unspecified atom stereocenters. The minimum Gasteiger partial charge on any atom is -1.00 e. The van der Waals surface area contributed by atoms with Crippen LogP contribution in [0, 0.1) is 12.3 Å². The average Bonchev–Trinajstić information content (AvgIpc) is 3.03. The Kier molecular flexibility index (Phi) is 14.5. The minimum absolute atomic E-state index is 0. The van der Waals surface area contributed by atoms with Gasteiger partial charge in [-0.2, -0.15) is 17.5 Å². The van der Waals surface area contributed by atoms with E-state index in [9.17, 15) is 0 Å². The molecule has 1 N–H and O–H groups in total. The van der Waals surface area contributed by atoms with Gasteiger partial charge in [0.15, 0.2) is 0 Å². The number of nitrogens with one attached hydrogen (secondary N) is 1. The van der Waals surface area contributed by atoms with Crippen molar-refractivity contribution in [3.63, 3.8) is 0 Å². The van der Waals surface area contributed by atoms with Crippen LogP contribution in [-0.2, 0) is 20.0 Å². The molecule has 4 heteroatoms. The molecule has 0 amide bonds. The molecule has 1 heterocycles. The van der Waals surface area contributed by atoms with Gasteiger partial charge in [-0.05, 0) is 0 Å². The van der Waals surface area contributed by atoms with Crippen molar-refractivity contribution in [1.82, 2.24) is 4.98 Å². The van der Waals surface area contributed by atoms with Gasteiger partial charge < -0.3 is 29.8 Å². The first-order valence-corrected chi connectivity index (χ1v) is 6.65. The Labute approximate surface area is 145 Å². The molecular weight excluding hydrogens is 325 g/mol. The summed E-state index contributed by atoms with van der Waals surface area (Å²) >= 11 is 2.08. The van der Waals surface area contributed by atoms with Gasteiger partial charge in [0.25, 0.3) is 0 Å². The fourth-order valence-electron chi connectivity index (χ4n) is 1.27. The second-order valence-corrected chi connectivity index (χ2v) is 5.57. The maximum atomic E-state index is 2.99. The molecule has 1 nitrogen and oxygen atoms in total. The normalized spacial score (nSPS) is 10.4. The minimum atomic E-state index is 0. The van der Waals surface area contributed by atoms with Crippen LogP contribution in [0.5, 0.6) is 0 Å². The molecule has 0 bridgehead atoms. The molecule has 0 radical (unpaired) electrons. The van der Waals surface area contributed by atoms with Crippen LogP contribution in [-0.4, -0.2) is 8.80 Å². The van der Waals surface area contributed by atoms with E-state index in [2.05, 4.69) is 63.2 Å². The number of rotatable bonds is 0. The maximum absolute atomic E-state index is 2.99. The smallest absolute Gasteiger partial charge is 0.0745 e. The van der Waals surface area contributed by atoms with Gasteiger partial charge in [-0.15, -0.1) is 30.3 Å². The fourth-order valence-corrected chi connectivity index (χ4v) is 1.27. The van der Waals surface area contributed by atoms with Crippen LogP contribution < -0.4 is 24.8 Å². The van der Waals surface area contributed by atoms with Crippen LogP contribution in [0.4, 0.5) is 0 Å². The van der Waals surface area contributed by atoms with Gasteiger partial charge in [0.05, 0.1) is 0 Å². The summed E-state index contributed by atoms with van der Waals surface area (Å²) in [6.07, 6.45) is 12.9. The Morgan fingerprint density at radius 3 is 2.30 bits per heavy atom. The number of aromatic nitrogens is 1. The van der Waals surface area contributed by atoms with Crippen molar-refractivity contribution in [3.8, 4) is 0 Å². The number of H-pyrrole nitrogens is 1. The molecular formula is C16H17Cl2NTi-2. The van der Waals surface area contributed by atoms with Gasteiger partial charge in [0.2, 0.25) is 0 Å². The number of halogens is 2. The Balaban J connectivity index is 0. The predicted molar refractivity (Wildman–Crippen MR) is 75.1 cm³/mol. The first-order chi connectivity index (χ1) is 8.70. The van der Waals surface area contributed by atoms with E-state index in [0.717, 1.165) is 11.9 Å². The topological polar surface area (TPSA) is 15.8 Å². The quantitative estimate of drug-likeness (QED) is 0.422. The SMILES string of the molecule is C[C](C)=[Ti+2].[C-]1=CC=CC1.[Cl-].[Cl-].[c-]1cc2ccccc2[nH]1. The third-order valence-corrected chi connectivity index (χ3v) is 1.98. The molecule has 2 aromatic rings. The van der Waals surface area contributed by atoms with Crippen molar-refractivity contribution < 1.29 is 44.8 Å². The van der Waals surface area contributed by atoms with Crippen molar-refractivity contribution in [3.05, 3.63) is 60.8 Å². The van der Waals surface area contributed by atoms with Gasteiger partial charge in [-0.25, -0.2) is 12.2 Å². The fraction of sp³-hybridized carbons (Fsp3) is 0.188. The van der Waals surface area contributed by atoms with Gasteiger partial charge in [-0.3, -0.25) is 6.08 Å². The maximum Gasteiger partial charge on any atom is -0.0745 e. The summed E-state index contributed by atoms with van der Waals surface area (Å²) in [5.74, 6) is 0. The Hall–Kier alpha value is -0.596. The number of hydrogen-bond acceptors (Lipinski definition) is 0. The molecule has 0 spiro atoms. The molecule has 0 saturated heterocycles. The summed E-state index contributed by atoms with van der Waals surface area (Å²) in [4.78, 5) is 2.99. The molecule has 1 aliphatic carbocycles. The summed E-state index contributed by atoms with van der Waals surface area (Å²) in [7, 11) is 0. The molecule has 3 rings (SSSR count). The average molecular weight is 342 g/mol. The van der Waals surface area contributed by atoms with Crippen molar-refractivity contribution >= 4 is 14.7 Å². The predicted octanol–water partition coefficient (Wildman–Crippen LogP) is -1.97. The zero-order chi connectivity index (χ0) is 13.2. The van der Waals surface area contributed by atoms with Gasteiger partial charge in [0, 0.05) is 0 Å². The molecule has 1 aromatic heterocycles. The van der Waals surface area contributed by atoms with E-state index in [0.29, 0.717) is 0 Å². The first kappa shape index (κ1) is 21.7. The van der Waals surface area contributed by atoms with Crippen molar-refractivity contribution in [2.75, 3.05) is 0 Å². The first-order valence-electron chi connectivity index (χ1n) is 5.87. The number of allylic oxidation sites excluding steroid dienone is 4. The van der Waals surface area contributed by atoms with Crippen LogP contribution in [0.1, 0.15) is 20.3 Å². The molecule has 0 saturated carbocycles. The number of aromatic amines is 1. The third kappa shape index (κ3) is 10.2. The van der Waals surface area contributed by atoms with Crippen molar-refractivity contribution in [1.29, 1.82) is 0 Å². The van der Waals surface area contributed by atoms with E-state index in [1.807, 2.05) is 36.4 Å². The summed E-state index contributed by atoms with van der Waals surface area (Å²) in [5.41, 5.74) is 1.15. The van der Waals surface area contributed by atoms with Crippen molar-refractivity contribution in [2.24, 2.45) is 0 Å². The van der Waals surface area contributed by atoms with E-state index in [1.54, 1.807) is 0 Å². The Morgan fingerprint density at radius 1 is 1.20 bits per heavy atom. The zero-order valence-corrected chi connectivity index (χ0v) is 14.7. The Bertz CT molecular complexity index is 500. The summed E-state index contributed by atoms with van der Waals surface area (Å²) < 4.78 is 1.42. The van der Waals surface area contributed by atoms with Gasteiger partial charge >= 0.3 is 37.6 Å². The monoisotopic (exact) mass is 341 g/mol. The van der Waals surface area contributed by atoms with E-state index in [1.165, 1.54) is 9.20 Å². The summed E-state index contributed by atoms with van der Waals surface area (Å²) in [5, 5.41) is 1.22. The summed E-state index contributed by atoms with van der Waals surface area (Å²) in [6.45, 7) is 4.17. The number of hydrogen-bond donors (Lipinski definition) is 1. The van der Waals surface area contributed by atoms with Crippen LogP contribution in [0.25, 0.3) is 10.9 Å². The van der Waals surface area contributed by atoms with Crippen LogP contribution in [0.2, 0.25) is 0 Å². The Morgan fingerprint density at radius 2 is 1.85 bits per heavy atom. The molecule has 0 aliphatic heterocycles. The van der Waals surface area contributed by atoms with Gasteiger partial charge in [-0.1, -0.05) is 12.1 Å². The number of benzene rings is 1. The molecule has 1 aliphatic rings. The number of fused-ring (bicyclic) bond motifs is 1. The zero-order valence-electron chi connectivity index (χ0n) is 11.6. The largest absolute Gasteiger partial charge is 1.00 e. The molecule has 106 valence electrons. The van der Waals surface area contributed by atoms with E-state index >= 15 is 0 Å². The third-order valence-electron chi connectivity index (χ3n) is 1.98. The van der Waals surface area contributed by atoms with Gasteiger partial charge in [0.1, 0.15) is 0 Å². The van der Waals surface area contributed by atoms with E-state index in [-0.39, 0.29) is 24.8 Å². The number of para-hydroxylation sites is 1. The molecule has 1 aromatic carbocycles. The molecule has 20 heavy (non-hydrogen) atoms. The van der Waals surface area contributed by atoms with E-state index in [4.69, 9.17) is 0 Å². The van der Waals surface area contributed by atoms with Crippen LogP contribution in [0.3, 0.4) is 0 Å². The van der Waals surface area contributed by atoms with E-state index < -0.39 is 0 Å². The second-order valence-electron chi connectivity index (χ2n) is 4.00. The van der Waals surface area contributed by atoms with Crippen LogP contribution in [0.15, 0.2) is 48.6 Å². The second kappa shape index (κ2) is 13.4. The molecule has 0 atom stereocenters. The van der Waals surface area contributed by atoms with Crippen LogP contribution >= 0.6 is 0 Å². The molecule has 0 fully saturated rings. The standard InChI is InChI=1S/C8H6N.C5H5.C3H6.2ClH.Ti/c1-2-4-8-7(3-1)5-6-9-8;1-2-4-5-3-1;1-3-2;;;/h1-5,9H;1-3H,4H2;1-2H3;2*1H;/q2*-1;;;;+2/p-2.